The molecule has 22 heavy (non-hydrogen) atoms. The number of hydrogen-bond acceptors (Lipinski definition) is 2. The van der Waals surface area contributed by atoms with Gasteiger partial charge in [-0.2, -0.15) is 0 Å². The Bertz CT molecular complexity index is 510. The van der Waals surface area contributed by atoms with Gasteiger partial charge in [-0.15, -0.1) is 0 Å². The van der Waals surface area contributed by atoms with Crippen LogP contribution in [0.1, 0.15) is 31.2 Å². The van der Waals surface area contributed by atoms with E-state index in [1.54, 1.807) is 6.07 Å². The SMILES string of the molecule is O=C(NCCc1cccc(F)c1)NC1CCN(C2CC2)CC1. The summed E-state index contributed by atoms with van der Waals surface area (Å²) in [6, 6.07) is 7.49. The Morgan fingerprint density at radius 2 is 2.00 bits per heavy atom. The van der Waals surface area contributed by atoms with Crippen molar-refractivity contribution in [1.29, 1.82) is 0 Å². The second-order valence-electron chi connectivity index (χ2n) is 6.32. The summed E-state index contributed by atoms with van der Waals surface area (Å²) in [5.74, 6) is -0.232. The van der Waals surface area contributed by atoms with Crippen molar-refractivity contribution in [2.24, 2.45) is 0 Å². The van der Waals surface area contributed by atoms with Gasteiger partial charge >= 0.3 is 6.03 Å². The molecule has 3 rings (SSSR count). The Morgan fingerprint density at radius 1 is 1.23 bits per heavy atom. The zero-order chi connectivity index (χ0) is 15.4. The van der Waals surface area contributed by atoms with Crippen LogP contribution in [-0.4, -0.2) is 42.6 Å². The maximum Gasteiger partial charge on any atom is 0.315 e. The molecule has 1 aliphatic carbocycles. The zero-order valence-electron chi connectivity index (χ0n) is 12.9. The lowest BCUT2D eigenvalue weighted by Gasteiger charge is -2.32. The highest BCUT2D eigenvalue weighted by atomic mass is 19.1. The standard InChI is InChI=1S/C17H24FN3O/c18-14-3-1-2-13(12-14)6-9-19-17(22)20-15-7-10-21(11-8-15)16-4-5-16/h1-3,12,15-16H,4-11H2,(H2,19,20,22). The van der Waals surface area contributed by atoms with Gasteiger partial charge in [-0.1, -0.05) is 12.1 Å². The second kappa shape index (κ2) is 7.09. The number of urea groups is 1. The van der Waals surface area contributed by atoms with E-state index in [2.05, 4.69) is 15.5 Å². The van der Waals surface area contributed by atoms with E-state index >= 15 is 0 Å². The summed E-state index contributed by atoms with van der Waals surface area (Å²) >= 11 is 0. The summed E-state index contributed by atoms with van der Waals surface area (Å²) < 4.78 is 13.1. The van der Waals surface area contributed by atoms with Gasteiger partial charge in [0.25, 0.3) is 0 Å². The summed E-state index contributed by atoms with van der Waals surface area (Å²) in [5, 5.41) is 5.90. The first-order valence-electron chi connectivity index (χ1n) is 8.23. The van der Waals surface area contributed by atoms with Crippen molar-refractivity contribution in [3.05, 3.63) is 35.6 Å². The number of nitrogens with one attached hydrogen (secondary N) is 2. The molecule has 1 aliphatic heterocycles. The molecule has 120 valence electrons. The summed E-state index contributed by atoms with van der Waals surface area (Å²) in [6.07, 6.45) is 5.41. The minimum absolute atomic E-state index is 0.110. The number of carbonyl (C=O) groups excluding carboxylic acids is 1. The van der Waals surface area contributed by atoms with Crippen molar-refractivity contribution in [3.63, 3.8) is 0 Å². The molecule has 1 heterocycles. The average molecular weight is 305 g/mol. The Morgan fingerprint density at radius 3 is 2.68 bits per heavy atom. The average Bonchev–Trinajstić information content (AvgIpc) is 3.33. The van der Waals surface area contributed by atoms with Gasteiger partial charge in [-0.05, 0) is 49.8 Å². The molecule has 1 saturated carbocycles. The summed E-state index contributed by atoms with van der Waals surface area (Å²) in [5.41, 5.74) is 0.901. The van der Waals surface area contributed by atoms with Gasteiger partial charge in [0.1, 0.15) is 5.82 Å². The summed E-state index contributed by atoms with van der Waals surface area (Å²) in [6.45, 7) is 2.72. The smallest absolute Gasteiger partial charge is 0.315 e. The normalized spacial score (nSPS) is 19.9. The third kappa shape index (κ3) is 4.44. The number of amides is 2. The summed E-state index contributed by atoms with van der Waals surface area (Å²) in [7, 11) is 0. The van der Waals surface area contributed by atoms with E-state index in [0.717, 1.165) is 37.5 Å². The number of benzene rings is 1. The number of halogens is 1. The maximum absolute atomic E-state index is 13.1. The molecule has 0 spiro atoms. The minimum Gasteiger partial charge on any atom is -0.338 e. The molecule has 0 aromatic heterocycles. The van der Waals surface area contributed by atoms with Gasteiger partial charge in [0.2, 0.25) is 0 Å². The third-order valence-corrected chi connectivity index (χ3v) is 4.52. The van der Waals surface area contributed by atoms with Gasteiger partial charge in [0, 0.05) is 31.7 Å². The van der Waals surface area contributed by atoms with Crippen LogP contribution in [0.25, 0.3) is 0 Å². The topological polar surface area (TPSA) is 44.4 Å². The van der Waals surface area contributed by atoms with E-state index in [1.807, 2.05) is 6.07 Å². The molecule has 0 bridgehead atoms. The first-order chi connectivity index (χ1) is 10.7. The molecule has 1 aromatic carbocycles. The Hall–Kier alpha value is -1.62. The van der Waals surface area contributed by atoms with Gasteiger partial charge in [0.05, 0.1) is 0 Å². The molecule has 0 unspecified atom stereocenters. The molecule has 0 radical (unpaired) electrons. The highest BCUT2D eigenvalue weighted by molar-refractivity contribution is 5.74. The van der Waals surface area contributed by atoms with Crippen molar-refractivity contribution in [2.75, 3.05) is 19.6 Å². The highest BCUT2D eigenvalue weighted by Gasteiger charge is 2.31. The molecule has 2 N–H and O–H groups in total. The van der Waals surface area contributed by atoms with Crippen LogP contribution >= 0.6 is 0 Å². The van der Waals surface area contributed by atoms with Crippen LogP contribution < -0.4 is 10.6 Å². The van der Waals surface area contributed by atoms with Crippen LogP contribution in [0.4, 0.5) is 9.18 Å². The molecule has 2 fully saturated rings. The van der Waals surface area contributed by atoms with Crippen LogP contribution in [-0.2, 0) is 6.42 Å². The van der Waals surface area contributed by atoms with Gasteiger partial charge in [-0.25, -0.2) is 9.18 Å². The van der Waals surface area contributed by atoms with Crippen LogP contribution in [0.15, 0.2) is 24.3 Å². The molecule has 1 aromatic rings. The Balaban J connectivity index is 1.32. The monoisotopic (exact) mass is 305 g/mol. The van der Waals surface area contributed by atoms with Crippen LogP contribution in [0.3, 0.4) is 0 Å². The number of hydrogen-bond donors (Lipinski definition) is 2. The largest absolute Gasteiger partial charge is 0.338 e. The van der Waals surface area contributed by atoms with Crippen molar-refractivity contribution in [1.82, 2.24) is 15.5 Å². The van der Waals surface area contributed by atoms with E-state index in [-0.39, 0.29) is 17.9 Å². The van der Waals surface area contributed by atoms with Crippen LogP contribution in [0, 0.1) is 5.82 Å². The predicted octanol–water partition coefficient (Wildman–Crippen LogP) is 2.29. The van der Waals surface area contributed by atoms with E-state index in [9.17, 15) is 9.18 Å². The lowest BCUT2D eigenvalue weighted by molar-refractivity contribution is 0.186. The van der Waals surface area contributed by atoms with Crippen molar-refractivity contribution >= 4 is 6.03 Å². The zero-order valence-corrected chi connectivity index (χ0v) is 12.9. The fourth-order valence-corrected chi connectivity index (χ4v) is 3.10. The highest BCUT2D eigenvalue weighted by Crippen LogP contribution is 2.29. The minimum atomic E-state index is -0.232. The van der Waals surface area contributed by atoms with Crippen molar-refractivity contribution in [2.45, 2.75) is 44.2 Å². The molecule has 1 saturated heterocycles. The van der Waals surface area contributed by atoms with Crippen LogP contribution in [0.5, 0.6) is 0 Å². The summed E-state index contributed by atoms with van der Waals surface area (Å²) in [4.78, 5) is 14.4. The lowest BCUT2D eigenvalue weighted by Crippen LogP contribution is -2.48. The van der Waals surface area contributed by atoms with Gasteiger partial charge in [-0.3, -0.25) is 0 Å². The molecule has 2 amide bonds. The Labute approximate surface area is 131 Å². The van der Waals surface area contributed by atoms with E-state index in [4.69, 9.17) is 0 Å². The van der Waals surface area contributed by atoms with E-state index in [1.165, 1.54) is 25.0 Å². The van der Waals surface area contributed by atoms with Gasteiger partial charge in [0.15, 0.2) is 0 Å². The Kier molecular flexibility index (Phi) is 4.93. The first kappa shape index (κ1) is 15.3. The first-order valence-corrected chi connectivity index (χ1v) is 8.23. The fraction of sp³-hybridized carbons (Fsp3) is 0.588. The number of piperidine rings is 1. The fourth-order valence-electron chi connectivity index (χ4n) is 3.10. The quantitative estimate of drug-likeness (QED) is 0.877. The number of likely N-dealkylation sites (tertiary alicyclic amines) is 1. The van der Waals surface area contributed by atoms with Crippen molar-refractivity contribution < 1.29 is 9.18 Å². The van der Waals surface area contributed by atoms with E-state index < -0.39 is 0 Å². The number of nitrogens with zero attached hydrogens (tertiary/aromatic N) is 1. The molecule has 4 nitrogen and oxygen atoms in total. The van der Waals surface area contributed by atoms with Gasteiger partial charge < -0.3 is 15.5 Å². The third-order valence-electron chi connectivity index (χ3n) is 4.52. The van der Waals surface area contributed by atoms with Crippen molar-refractivity contribution in [3.8, 4) is 0 Å². The molecular weight excluding hydrogens is 281 g/mol. The number of carbonyl (C=O) groups is 1. The van der Waals surface area contributed by atoms with E-state index in [0.29, 0.717) is 13.0 Å². The van der Waals surface area contributed by atoms with Crippen LogP contribution in [0.2, 0.25) is 0 Å². The molecule has 0 atom stereocenters. The number of rotatable bonds is 5. The lowest BCUT2D eigenvalue weighted by atomic mass is 10.1. The molecule has 2 aliphatic rings. The maximum atomic E-state index is 13.1. The second-order valence-corrected chi connectivity index (χ2v) is 6.32. The predicted molar refractivity (Wildman–Crippen MR) is 84.3 cm³/mol. The molecular formula is C17H24FN3O. The molecule has 5 heteroatoms.